The van der Waals surface area contributed by atoms with E-state index in [4.69, 9.17) is 9.47 Å². The number of guanidine groups is 1. The van der Waals surface area contributed by atoms with Crippen molar-refractivity contribution >= 4 is 29.9 Å². The van der Waals surface area contributed by atoms with Crippen LogP contribution in [0.1, 0.15) is 31.7 Å². The highest BCUT2D eigenvalue weighted by Crippen LogP contribution is 2.06. The van der Waals surface area contributed by atoms with E-state index in [1.807, 2.05) is 6.92 Å². The second-order valence-corrected chi connectivity index (χ2v) is 6.32. The Kier molecular flexibility index (Phi) is 14.7. The third kappa shape index (κ3) is 11.0. The first kappa shape index (κ1) is 25.1. The van der Waals surface area contributed by atoms with Crippen LogP contribution in [0.5, 0.6) is 0 Å². The summed E-state index contributed by atoms with van der Waals surface area (Å²) >= 11 is 0. The zero-order chi connectivity index (χ0) is 18.5. The normalized spacial score (nSPS) is 12.6. The average molecular weight is 481 g/mol. The Balaban J connectivity index is 0.00000625. The van der Waals surface area contributed by atoms with E-state index in [9.17, 15) is 0 Å². The van der Waals surface area contributed by atoms with Gasteiger partial charge in [0.15, 0.2) is 5.96 Å². The van der Waals surface area contributed by atoms with E-state index >= 15 is 0 Å². The highest BCUT2D eigenvalue weighted by Gasteiger charge is 2.07. The molecule has 0 fully saturated rings. The lowest BCUT2D eigenvalue weighted by molar-refractivity contribution is 0.0698. The molecule has 0 amide bonds. The predicted octanol–water partition coefficient (Wildman–Crippen LogP) is 2.36. The Morgan fingerprint density at radius 2 is 2.04 bits per heavy atom. The summed E-state index contributed by atoms with van der Waals surface area (Å²) in [6.45, 7) is 13.7. The first-order chi connectivity index (χ1) is 12.1. The van der Waals surface area contributed by atoms with Crippen LogP contribution in [0.25, 0.3) is 0 Å². The zero-order valence-corrected chi connectivity index (χ0v) is 19.2. The number of aromatic nitrogens is 2. The fraction of sp³-hybridized carbons (Fsp3) is 0.778. The summed E-state index contributed by atoms with van der Waals surface area (Å²) in [5, 5.41) is 11.2. The number of ether oxygens (including phenoxy) is 2. The Morgan fingerprint density at radius 3 is 2.65 bits per heavy atom. The van der Waals surface area contributed by atoms with Gasteiger partial charge in [-0.2, -0.15) is 5.10 Å². The van der Waals surface area contributed by atoms with Crippen LogP contribution >= 0.6 is 24.0 Å². The van der Waals surface area contributed by atoms with Crippen molar-refractivity contribution in [1.82, 2.24) is 20.4 Å². The summed E-state index contributed by atoms with van der Waals surface area (Å²) in [5.41, 5.74) is 2.27. The van der Waals surface area contributed by atoms with Crippen LogP contribution in [0.3, 0.4) is 0 Å². The molecular formula is C18H36IN5O2. The van der Waals surface area contributed by atoms with Crippen molar-refractivity contribution in [2.45, 2.75) is 40.7 Å². The van der Waals surface area contributed by atoms with Crippen molar-refractivity contribution in [2.75, 3.05) is 46.6 Å². The maximum absolute atomic E-state index is 5.46. The molecule has 0 radical (unpaired) electrons. The molecule has 0 bridgehead atoms. The maximum Gasteiger partial charge on any atom is 0.191 e. The smallest absolute Gasteiger partial charge is 0.191 e. The van der Waals surface area contributed by atoms with Crippen LogP contribution in [0, 0.1) is 19.8 Å². The van der Waals surface area contributed by atoms with Gasteiger partial charge in [-0.05, 0) is 39.2 Å². The minimum Gasteiger partial charge on any atom is -0.382 e. The molecular weight excluding hydrogens is 445 g/mol. The van der Waals surface area contributed by atoms with Gasteiger partial charge in [0.2, 0.25) is 0 Å². The van der Waals surface area contributed by atoms with Gasteiger partial charge in [-0.15, -0.1) is 24.0 Å². The number of aliphatic imine (C=N–C) groups is 1. The standard InChI is InChI=1S/C18H35N5O2.HI/c1-6-19-18(20-8-7-9-25-11-10-24-5)21-13-15(2)14-23-17(4)12-16(3)22-23;/h12,15H,6-11,13-14H2,1-5H3,(H2,19,20,21);1H. The second kappa shape index (κ2) is 15.2. The number of hydrogen-bond donors (Lipinski definition) is 2. The molecule has 1 heterocycles. The van der Waals surface area contributed by atoms with E-state index < -0.39 is 0 Å². The van der Waals surface area contributed by atoms with Crippen LogP contribution in [0.2, 0.25) is 0 Å². The molecule has 8 heteroatoms. The number of methoxy groups -OCH3 is 1. The van der Waals surface area contributed by atoms with Crippen LogP contribution in [-0.2, 0) is 16.0 Å². The molecule has 1 aromatic heterocycles. The van der Waals surface area contributed by atoms with E-state index in [1.165, 1.54) is 5.69 Å². The van der Waals surface area contributed by atoms with Gasteiger partial charge in [0, 0.05) is 45.6 Å². The van der Waals surface area contributed by atoms with Crippen LogP contribution in [-0.4, -0.2) is 62.3 Å². The van der Waals surface area contributed by atoms with Gasteiger partial charge in [-0.25, -0.2) is 0 Å². The minimum atomic E-state index is 0. The molecule has 0 saturated heterocycles. The van der Waals surface area contributed by atoms with Gasteiger partial charge < -0.3 is 20.1 Å². The molecule has 1 atom stereocenters. The third-order valence-electron chi connectivity index (χ3n) is 3.68. The SMILES string of the molecule is CCNC(=NCC(C)Cn1nc(C)cc1C)NCCCOCCOC.I. The molecule has 1 unspecified atom stereocenters. The molecule has 0 aliphatic heterocycles. The van der Waals surface area contributed by atoms with E-state index in [2.05, 4.69) is 52.2 Å². The van der Waals surface area contributed by atoms with Crippen molar-refractivity contribution in [3.05, 3.63) is 17.5 Å². The molecule has 26 heavy (non-hydrogen) atoms. The van der Waals surface area contributed by atoms with E-state index in [-0.39, 0.29) is 24.0 Å². The zero-order valence-electron chi connectivity index (χ0n) is 16.9. The first-order valence-corrected chi connectivity index (χ1v) is 9.16. The lowest BCUT2D eigenvalue weighted by Gasteiger charge is -2.14. The van der Waals surface area contributed by atoms with Crippen LogP contribution in [0.4, 0.5) is 0 Å². The Bertz CT molecular complexity index is 508. The van der Waals surface area contributed by atoms with Crippen LogP contribution < -0.4 is 10.6 Å². The number of halogens is 1. The van der Waals surface area contributed by atoms with Crippen molar-refractivity contribution in [1.29, 1.82) is 0 Å². The molecule has 7 nitrogen and oxygen atoms in total. The molecule has 1 aromatic rings. The van der Waals surface area contributed by atoms with Gasteiger partial charge in [0.05, 0.1) is 18.9 Å². The number of nitrogens with zero attached hydrogens (tertiary/aromatic N) is 3. The lowest BCUT2D eigenvalue weighted by Crippen LogP contribution is -2.38. The Labute approximate surface area is 175 Å². The molecule has 1 rings (SSSR count). The van der Waals surface area contributed by atoms with Crippen molar-refractivity contribution in [3.63, 3.8) is 0 Å². The van der Waals surface area contributed by atoms with Crippen molar-refractivity contribution in [3.8, 4) is 0 Å². The molecule has 2 N–H and O–H groups in total. The van der Waals surface area contributed by atoms with Gasteiger partial charge in [0.25, 0.3) is 0 Å². The van der Waals surface area contributed by atoms with E-state index in [0.29, 0.717) is 19.1 Å². The summed E-state index contributed by atoms with van der Waals surface area (Å²) in [6, 6.07) is 2.11. The van der Waals surface area contributed by atoms with Gasteiger partial charge in [0.1, 0.15) is 0 Å². The predicted molar refractivity (Wildman–Crippen MR) is 118 cm³/mol. The Morgan fingerprint density at radius 1 is 1.27 bits per heavy atom. The molecule has 0 saturated carbocycles. The van der Waals surface area contributed by atoms with Gasteiger partial charge in [-0.3, -0.25) is 9.67 Å². The fourth-order valence-electron chi connectivity index (χ4n) is 2.43. The van der Waals surface area contributed by atoms with E-state index in [1.54, 1.807) is 7.11 Å². The average Bonchev–Trinajstić information content (AvgIpc) is 2.89. The number of hydrogen-bond acceptors (Lipinski definition) is 4. The maximum atomic E-state index is 5.46. The lowest BCUT2D eigenvalue weighted by atomic mass is 10.2. The monoisotopic (exact) mass is 481 g/mol. The summed E-state index contributed by atoms with van der Waals surface area (Å²) in [7, 11) is 1.68. The largest absolute Gasteiger partial charge is 0.382 e. The first-order valence-electron chi connectivity index (χ1n) is 9.16. The molecule has 0 aliphatic rings. The Hall–Kier alpha value is -0.870. The van der Waals surface area contributed by atoms with Gasteiger partial charge in [-0.1, -0.05) is 6.92 Å². The van der Waals surface area contributed by atoms with Crippen molar-refractivity contribution in [2.24, 2.45) is 10.9 Å². The number of aryl methyl sites for hydroxylation is 2. The summed E-state index contributed by atoms with van der Waals surface area (Å²) < 4.78 is 12.5. The van der Waals surface area contributed by atoms with Gasteiger partial charge >= 0.3 is 0 Å². The molecule has 0 spiro atoms. The summed E-state index contributed by atoms with van der Waals surface area (Å²) in [5.74, 6) is 1.28. The highest BCUT2D eigenvalue weighted by molar-refractivity contribution is 14.0. The minimum absolute atomic E-state index is 0. The summed E-state index contributed by atoms with van der Waals surface area (Å²) in [6.07, 6.45) is 0.940. The number of rotatable bonds is 12. The topological polar surface area (TPSA) is 72.7 Å². The summed E-state index contributed by atoms with van der Waals surface area (Å²) in [4.78, 5) is 4.69. The molecule has 0 aliphatic carbocycles. The van der Waals surface area contributed by atoms with Crippen LogP contribution in [0.15, 0.2) is 11.1 Å². The fourth-order valence-corrected chi connectivity index (χ4v) is 2.43. The quantitative estimate of drug-likeness (QED) is 0.208. The van der Waals surface area contributed by atoms with E-state index in [0.717, 1.165) is 50.9 Å². The van der Waals surface area contributed by atoms with Crippen molar-refractivity contribution < 1.29 is 9.47 Å². The third-order valence-corrected chi connectivity index (χ3v) is 3.68. The molecule has 0 aromatic carbocycles. The molecule has 152 valence electrons. The number of nitrogens with one attached hydrogen (secondary N) is 2. The highest BCUT2D eigenvalue weighted by atomic mass is 127. The second-order valence-electron chi connectivity index (χ2n) is 6.32.